The number of hydrogen-bond acceptors (Lipinski definition) is 3. The molecular weight excluding hydrogens is 316 g/mol. The summed E-state index contributed by atoms with van der Waals surface area (Å²) in [6.45, 7) is 7.48. The summed E-state index contributed by atoms with van der Waals surface area (Å²) >= 11 is 0. The lowest BCUT2D eigenvalue weighted by Gasteiger charge is -2.27. The molecule has 5 nitrogen and oxygen atoms in total. The van der Waals surface area contributed by atoms with Gasteiger partial charge in [0.05, 0.1) is 11.6 Å². The standard InChI is InChI=1S/C20H22N2O3/c1-11-16-13-7-6-8-14-17(13)12(9-15(16)21(5)18(11)23)10-22(14)19(24)25-20(2,3)4/h6-8,10,15H,9H2,1-5H3. The highest BCUT2D eigenvalue weighted by molar-refractivity contribution is 6.12. The lowest BCUT2D eigenvalue weighted by molar-refractivity contribution is -0.125. The molecule has 1 unspecified atom stereocenters. The SMILES string of the molecule is CC1=C2c3cccc4c3c(cn4C(=O)OC(C)(C)C)CC2N(C)C1=O. The molecule has 0 bridgehead atoms. The van der Waals surface area contributed by atoms with Gasteiger partial charge >= 0.3 is 6.09 Å². The number of amides is 1. The van der Waals surface area contributed by atoms with E-state index in [1.54, 1.807) is 9.47 Å². The van der Waals surface area contributed by atoms with Gasteiger partial charge < -0.3 is 9.64 Å². The number of carbonyl (C=O) groups excluding carboxylic acids is 2. The Morgan fingerprint density at radius 2 is 2.00 bits per heavy atom. The molecular formula is C20H22N2O3. The van der Waals surface area contributed by atoms with Crippen LogP contribution in [0.5, 0.6) is 0 Å². The molecule has 1 aliphatic carbocycles. The van der Waals surface area contributed by atoms with Crippen LogP contribution in [0.2, 0.25) is 0 Å². The first kappa shape index (κ1) is 15.9. The van der Waals surface area contributed by atoms with Crippen LogP contribution < -0.4 is 0 Å². The molecule has 2 heterocycles. The molecule has 5 heteroatoms. The molecule has 4 rings (SSSR count). The quantitative estimate of drug-likeness (QED) is 0.737. The Morgan fingerprint density at radius 1 is 1.28 bits per heavy atom. The summed E-state index contributed by atoms with van der Waals surface area (Å²) in [6, 6.07) is 5.96. The summed E-state index contributed by atoms with van der Waals surface area (Å²) in [5, 5.41) is 1.06. The normalized spacial score (nSPS) is 19.6. The molecule has 0 saturated carbocycles. The Bertz CT molecular complexity index is 959. The highest BCUT2D eigenvalue weighted by Crippen LogP contribution is 2.43. The van der Waals surface area contributed by atoms with E-state index in [9.17, 15) is 9.59 Å². The summed E-state index contributed by atoms with van der Waals surface area (Å²) in [5.41, 5.74) is 4.32. The third kappa shape index (κ3) is 2.22. The number of fused-ring (bicyclic) bond motifs is 2. The van der Waals surface area contributed by atoms with Crippen LogP contribution in [-0.2, 0) is 16.0 Å². The maximum Gasteiger partial charge on any atom is 0.419 e. The Hall–Kier alpha value is -2.56. The van der Waals surface area contributed by atoms with Gasteiger partial charge in [0, 0.05) is 24.2 Å². The van der Waals surface area contributed by atoms with E-state index in [0.29, 0.717) is 0 Å². The molecule has 1 amide bonds. The van der Waals surface area contributed by atoms with E-state index in [2.05, 4.69) is 0 Å². The largest absolute Gasteiger partial charge is 0.443 e. The Labute approximate surface area is 146 Å². The summed E-state index contributed by atoms with van der Waals surface area (Å²) < 4.78 is 7.15. The zero-order chi connectivity index (χ0) is 18.1. The molecule has 1 atom stereocenters. The van der Waals surface area contributed by atoms with E-state index >= 15 is 0 Å². The number of hydrogen-bond donors (Lipinski definition) is 0. The third-order valence-electron chi connectivity index (χ3n) is 5.05. The van der Waals surface area contributed by atoms with Crippen LogP contribution in [-0.4, -0.2) is 40.2 Å². The van der Waals surface area contributed by atoms with E-state index < -0.39 is 5.60 Å². The maximum absolute atomic E-state index is 12.6. The van der Waals surface area contributed by atoms with Crippen molar-refractivity contribution in [3.63, 3.8) is 0 Å². The molecule has 0 fully saturated rings. The van der Waals surface area contributed by atoms with Crippen molar-refractivity contribution in [1.29, 1.82) is 0 Å². The second-order valence-corrected chi connectivity index (χ2v) is 7.88. The van der Waals surface area contributed by atoms with Crippen molar-refractivity contribution in [3.8, 4) is 0 Å². The maximum atomic E-state index is 12.6. The molecule has 0 spiro atoms. The summed E-state index contributed by atoms with van der Waals surface area (Å²) in [6.07, 6.45) is 2.21. The van der Waals surface area contributed by atoms with Crippen molar-refractivity contribution >= 4 is 28.5 Å². The third-order valence-corrected chi connectivity index (χ3v) is 5.05. The predicted octanol–water partition coefficient (Wildman–Crippen LogP) is 3.59. The fourth-order valence-electron chi connectivity index (χ4n) is 4.00. The second kappa shape index (κ2) is 4.97. The average Bonchev–Trinajstić information content (AvgIpc) is 3.00. The lowest BCUT2D eigenvalue weighted by atomic mass is 9.84. The zero-order valence-corrected chi connectivity index (χ0v) is 15.2. The molecule has 2 aromatic rings. The van der Waals surface area contributed by atoms with E-state index in [4.69, 9.17) is 4.74 Å². The molecule has 0 radical (unpaired) electrons. The fraction of sp³-hybridized carbons (Fsp3) is 0.400. The minimum absolute atomic E-state index is 0.0417. The van der Waals surface area contributed by atoms with Crippen LogP contribution in [0, 0.1) is 0 Å². The minimum atomic E-state index is -0.548. The monoisotopic (exact) mass is 338 g/mol. The van der Waals surface area contributed by atoms with Crippen LogP contribution in [0.15, 0.2) is 30.0 Å². The topological polar surface area (TPSA) is 51.5 Å². The molecule has 0 saturated heterocycles. The van der Waals surface area contributed by atoms with Crippen molar-refractivity contribution in [2.24, 2.45) is 0 Å². The van der Waals surface area contributed by atoms with Gasteiger partial charge in [-0.2, -0.15) is 0 Å². The van der Waals surface area contributed by atoms with Crippen molar-refractivity contribution < 1.29 is 14.3 Å². The number of ether oxygens (including phenoxy) is 1. The number of carbonyl (C=O) groups is 2. The van der Waals surface area contributed by atoms with E-state index in [0.717, 1.165) is 39.6 Å². The molecule has 1 aromatic carbocycles. The van der Waals surface area contributed by atoms with Crippen molar-refractivity contribution in [2.45, 2.75) is 45.8 Å². The smallest absolute Gasteiger partial charge is 0.419 e. The van der Waals surface area contributed by atoms with Gasteiger partial charge in [0.2, 0.25) is 5.91 Å². The van der Waals surface area contributed by atoms with Gasteiger partial charge in [-0.3, -0.25) is 9.36 Å². The van der Waals surface area contributed by atoms with Crippen LogP contribution in [0.25, 0.3) is 16.5 Å². The van der Waals surface area contributed by atoms with Gasteiger partial charge in [-0.1, -0.05) is 12.1 Å². The molecule has 0 N–H and O–H groups in total. The fourth-order valence-corrected chi connectivity index (χ4v) is 4.00. The van der Waals surface area contributed by atoms with Crippen molar-refractivity contribution in [2.75, 3.05) is 7.05 Å². The molecule has 2 aliphatic rings. The van der Waals surface area contributed by atoms with E-state index in [1.807, 2.05) is 59.1 Å². The van der Waals surface area contributed by atoms with Gasteiger partial charge in [-0.05, 0) is 56.9 Å². The summed E-state index contributed by atoms with van der Waals surface area (Å²) in [7, 11) is 1.85. The molecule has 1 aliphatic heterocycles. The van der Waals surface area contributed by atoms with Crippen molar-refractivity contribution in [3.05, 3.63) is 41.1 Å². The summed E-state index contributed by atoms with van der Waals surface area (Å²) in [5.74, 6) is 0.0853. The highest BCUT2D eigenvalue weighted by Gasteiger charge is 2.40. The first-order valence-corrected chi connectivity index (χ1v) is 8.53. The van der Waals surface area contributed by atoms with Gasteiger partial charge in [0.15, 0.2) is 0 Å². The van der Waals surface area contributed by atoms with Gasteiger partial charge in [-0.15, -0.1) is 0 Å². The van der Waals surface area contributed by atoms with E-state index in [-0.39, 0.29) is 18.0 Å². The first-order valence-electron chi connectivity index (χ1n) is 8.53. The Balaban J connectivity index is 1.92. The average molecular weight is 338 g/mol. The number of benzene rings is 1. The van der Waals surface area contributed by atoms with Crippen LogP contribution in [0.4, 0.5) is 4.79 Å². The van der Waals surface area contributed by atoms with E-state index in [1.165, 1.54) is 0 Å². The lowest BCUT2D eigenvalue weighted by Crippen LogP contribution is -2.34. The van der Waals surface area contributed by atoms with Crippen molar-refractivity contribution in [1.82, 2.24) is 9.47 Å². The highest BCUT2D eigenvalue weighted by atomic mass is 16.6. The van der Waals surface area contributed by atoms with Crippen LogP contribution in [0.3, 0.4) is 0 Å². The number of aromatic nitrogens is 1. The Morgan fingerprint density at radius 3 is 2.68 bits per heavy atom. The predicted molar refractivity (Wildman–Crippen MR) is 96.4 cm³/mol. The second-order valence-electron chi connectivity index (χ2n) is 7.88. The van der Waals surface area contributed by atoms with Gasteiger partial charge in [0.1, 0.15) is 5.60 Å². The molecule has 130 valence electrons. The first-order chi connectivity index (χ1) is 11.7. The molecule has 25 heavy (non-hydrogen) atoms. The summed E-state index contributed by atoms with van der Waals surface area (Å²) in [4.78, 5) is 26.8. The van der Waals surface area contributed by atoms with Gasteiger partial charge in [-0.25, -0.2) is 4.79 Å². The van der Waals surface area contributed by atoms with Crippen LogP contribution in [0.1, 0.15) is 38.8 Å². The molecule has 1 aromatic heterocycles. The number of rotatable bonds is 0. The number of likely N-dealkylation sites (N-methyl/N-ethyl adjacent to an activating group) is 1. The van der Waals surface area contributed by atoms with Gasteiger partial charge in [0.25, 0.3) is 0 Å². The number of nitrogens with zero attached hydrogens (tertiary/aromatic N) is 2. The minimum Gasteiger partial charge on any atom is -0.443 e. The zero-order valence-electron chi connectivity index (χ0n) is 15.2. The Kier molecular flexibility index (Phi) is 3.17. The van der Waals surface area contributed by atoms with Crippen LogP contribution >= 0.6 is 0 Å².